The maximum Gasteiger partial charge on any atom is 0.363 e. The predicted molar refractivity (Wildman–Crippen MR) is 104 cm³/mol. The summed E-state index contributed by atoms with van der Waals surface area (Å²) in [5.74, 6) is -0.468. The molecule has 1 aliphatic rings. The zero-order chi connectivity index (χ0) is 19.4. The zero-order valence-electron chi connectivity index (χ0n) is 15.1. The zero-order valence-corrected chi connectivity index (χ0v) is 15.9. The van der Waals surface area contributed by atoms with Crippen molar-refractivity contribution in [3.05, 3.63) is 71.4 Å². The quantitative estimate of drug-likeness (QED) is 0.567. The normalized spacial score (nSPS) is 15.9. The molecule has 0 saturated heterocycles. The number of ether oxygens (including phenoxy) is 1. The summed E-state index contributed by atoms with van der Waals surface area (Å²) in [5, 5.41) is 0. The summed E-state index contributed by atoms with van der Waals surface area (Å²) in [7, 11) is -3.61. The summed E-state index contributed by atoms with van der Waals surface area (Å²) in [6, 6.07) is 15.6. The fourth-order valence-electron chi connectivity index (χ4n) is 2.74. The molecule has 0 atom stereocenters. The number of carbonyl (C=O) groups is 1. The first-order chi connectivity index (χ1) is 13.0. The third-order valence-corrected chi connectivity index (χ3v) is 6.19. The van der Waals surface area contributed by atoms with Gasteiger partial charge in [-0.25, -0.2) is 18.2 Å². The highest BCUT2D eigenvalue weighted by Crippen LogP contribution is 2.22. The van der Waals surface area contributed by atoms with Crippen LogP contribution in [0.5, 0.6) is 0 Å². The van der Waals surface area contributed by atoms with Gasteiger partial charge in [0.2, 0.25) is 15.9 Å². The van der Waals surface area contributed by atoms with Gasteiger partial charge in [0.25, 0.3) is 0 Å². The van der Waals surface area contributed by atoms with Crippen LogP contribution in [0.15, 0.2) is 70.2 Å². The summed E-state index contributed by atoms with van der Waals surface area (Å²) in [4.78, 5) is 16.5. The molecule has 0 aromatic heterocycles. The maximum absolute atomic E-state index is 12.7. The van der Waals surface area contributed by atoms with Crippen LogP contribution in [-0.4, -0.2) is 37.7 Å². The Hall–Kier alpha value is -2.77. The Labute approximate surface area is 158 Å². The number of benzene rings is 2. The van der Waals surface area contributed by atoms with Gasteiger partial charge in [0.1, 0.15) is 0 Å². The van der Waals surface area contributed by atoms with Crippen molar-refractivity contribution < 1.29 is 17.9 Å². The van der Waals surface area contributed by atoms with E-state index in [2.05, 4.69) is 4.99 Å². The van der Waals surface area contributed by atoms with Crippen LogP contribution in [0.2, 0.25) is 0 Å². The van der Waals surface area contributed by atoms with Gasteiger partial charge < -0.3 is 4.74 Å². The van der Waals surface area contributed by atoms with E-state index < -0.39 is 16.0 Å². The first-order valence-corrected chi connectivity index (χ1v) is 10.1. The Morgan fingerprint density at radius 1 is 1.04 bits per heavy atom. The van der Waals surface area contributed by atoms with Gasteiger partial charge in [-0.2, -0.15) is 4.31 Å². The molecule has 6 nitrogen and oxygen atoms in total. The van der Waals surface area contributed by atoms with E-state index >= 15 is 0 Å². The van der Waals surface area contributed by atoms with Crippen molar-refractivity contribution in [2.24, 2.45) is 4.99 Å². The number of hydrogen-bond donors (Lipinski definition) is 0. The van der Waals surface area contributed by atoms with Crippen LogP contribution in [0.25, 0.3) is 6.08 Å². The average Bonchev–Trinajstić information content (AvgIpc) is 3.04. The molecule has 140 valence electrons. The Bertz CT molecular complexity index is 1010. The van der Waals surface area contributed by atoms with Crippen molar-refractivity contribution in [1.82, 2.24) is 4.31 Å². The molecule has 0 N–H and O–H groups in total. The van der Waals surface area contributed by atoms with Gasteiger partial charge in [-0.1, -0.05) is 50.2 Å². The van der Waals surface area contributed by atoms with Crippen LogP contribution in [0.1, 0.15) is 25.0 Å². The van der Waals surface area contributed by atoms with Crippen LogP contribution in [0.4, 0.5) is 0 Å². The molecule has 0 radical (unpaired) electrons. The molecule has 0 spiro atoms. The minimum atomic E-state index is -3.61. The minimum absolute atomic E-state index is 0.0961. The minimum Gasteiger partial charge on any atom is -0.402 e. The Balaban J connectivity index is 1.95. The largest absolute Gasteiger partial charge is 0.402 e. The van der Waals surface area contributed by atoms with E-state index in [0.717, 1.165) is 5.56 Å². The maximum atomic E-state index is 12.7. The average molecular weight is 384 g/mol. The van der Waals surface area contributed by atoms with Crippen LogP contribution < -0.4 is 0 Å². The fraction of sp³-hybridized carbons (Fsp3) is 0.200. The summed E-state index contributed by atoms with van der Waals surface area (Å²) in [6.07, 6.45) is 1.63. The smallest absolute Gasteiger partial charge is 0.363 e. The van der Waals surface area contributed by atoms with Crippen molar-refractivity contribution in [1.29, 1.82) is 0 Å². The Morgan fingerprint density at radius 3 is 2.41 bits per heavy atom. The number of hydrogen-bond acceptors (Lipinski definition) is 5. The van der Waals surface area contributed by atoms with Gasteiger partial charge in [0, 0.05) is 18.7 Å². The molecule has 1 aliphatic heterocycles. The second-order valence-corrected chi connectivity index (χ2v) is 7.80. The molecule has 1 heterocycles. The molecule has 27 heavy (non-hydrogen) atoms. The van der Waals surface area contributed by atoms with E-state index in [4.69, 9.17) is 4.74 Å². The molecule has 3 rings (SSSR count). The summed E-state index contributed by atoms with van der Waals surface area (Å²) in [6.45, 7) is 4.33. The molecule has 0 bridgehead atoms. The topological polar surface area (TPSA) is 76.0 Å². The van der Waals surface area contributed by atoms with E-state index in [-0.39, 0.29) is 16.5 Å². The lowest BCUT2D eigenvalue weighted by Gasteiger charge is -2.18. The van der Waals surface area contributed by atoms with Crippen LogP contribution >= 0.6 is 0 Å². The number of esters is 1. The molecule has 0 unspecified atom stereocenters. The van der Waals surface area contributed by atoms with Crippen molar-refractivity contribution in [3.8, 4) is 0 Å². The molecule has 7 heteroatoms. The lowest BCUT2D eigenvalue weighted by molar-refractivity contribution is -0.129. The van der Waals surface area contributed by atoms with Crippen molar-refractivity contribution >= 4 is 28.0 Å². The molecule has 0 fully saturated rings. The lowest BCUT2D eigenvalue weighted by atomic mass is 10.2. The monoisotopic (exact) mass is 384 g/mol. The van der Waals surface area contributed by atoms with Crippen LogP contribution in [0, 0.1) is 0 Å². The van der Waals surface area contributed by atoms with Crippen molar-refractivity contribution in [3.63, 3.8) is 0 Å². The van der Waals surface area contributed by atoms with E-state index in [1.807, 2.05) is 30.3 Å². The first-order valence-electron chi connectivity index (χ1n) is 8.64. The molecular formula is C20H20N2O4S. The van der Waals surface area contributed by atoms with E-state index in [0.29, 0.717) is 18.7 Å². The highest BCUT2D eigenvalue weighted by molar-refractivity contribution is 7.89. The van der Waals surface area contributed by atoms with Crippen LogP contribution in [0.3, 0.4) is 0 Å². The van der Waals surface area contributed by atoms with Gasteiger partial charge in [0.15, 0.2) is 5.70 Å². The Morgan fingerprint density at radius 2 is 1.74 bits per heavy atom. The predicted octanol–water partition coefficient (Wildman–Crippen LogP) is 3.06. The fourth-order valence-corrected chi connectivity index (χ4v) is 4.25. The highest BCUT2D eigenvalue weighted by Gasteiger charge is 2.26. The SMILES string of the molecule is CCN(CC)S(=O)(=O)c1cccc(C2=N/C(=C/c3ccccc3)C(=O)O2)c1. The third-order valence-electron chi connectivity index (χ3n) is 4.15. The molecule has 0 saturated carbocycles. The second kappa shape index (κ2) is 7.85. The van der Waals surface area contributed by atoms with Gasteiger partial charge in [0.05, 0.1) is 4.90 Å². The summed E-state index contributed by atoms with van der Waals surface area (Å²) < 4.78 is 32.0. The van der Waals surface area contributed by atoms with Crippen LogP contribution in [-0.2, 0) is 19.6 Å². The number of carbonyl (C=O) groups excluding carboxylic acids is 1. The van der Waals surface area contributed by atoms with Crippen molar-refractivity contribution in [2.75, 3.05) is 13.1 Å². The number of aliphatic imine (C=N–C) groups is 1. The van der Waals surface area contributed by atoms with E-state index in [1.54, 1.807) is 32.1 Å². The van der Waals surface area contributed by atoms with Gasteiger partial charge in [-0.15, -0.1) is 0 Å². The molecule has 2 aromatic carbocycles. The number of rotatable bonds is 6. The number of cyclic esters (lactones) is 1. The molecule has 0 aliphatic carbocycles. The first kappa shape index (κ1) is 19.0. The van der Waals surface area contributed by atoms with Crippen molar-refractivity contribution in [2.45, 2.75) is 18.7 Å². The molecular weight excluding hydrogens is 364 g/mol. The highest BCUT2D eigenvalue weighted by atomic mass is 32.2. The number of nitrogens with zero attached hydrogens (tertiary/aromatic N) is 2. The number of sulfonamides is 1. The third kappa shape index (κ3) is 3.99. The molecule has 2 aromatic rings. The second-order valence-electron chi connectivity index (χ2n) is 5.86. The summed E-state index contributed by atoms with van der Waals surface area (Å²) >= 11 is 0. The van der Waals surface area contributed by atoms with Gasteiger partial charge in [-0.3, -0.25) is 0 Å². The Kier molecular flexibility index (Phi) is 5.53. The van der Waals surface area contributed by atoms with E-state index in [1.165, 1.54) is 16.4 Å². The lowest BCUT2D eigenvalue weighted by Crippen LogP contribution is -2.30. The molecule has 0 amide bonds. The standard InChI is InChI=1S/C20H20N2O4S/c1-3-22(4-2)27(24,25)17-12-8-11-16(14-17)19-21-18(20(23)26-19)13-15-9-6-5-7-10-15/h5-14H,3-4H2,1-2H3/b18-13+. The summed E-state index contributed by atoms with van der Waals surface area (Å²) in [5.41, 5.74) is 1.44. The van der Waals surface area contributed by atoms with Gasteiger partial charge >= 0.3 is 5.97 Å². The van der Waals surface area contributed by atoms with Gasteiger partial charge in [-0.05, 0) is 29.8 Å². The van der Waals surface area contributed by atoms with E-state index in [9.17, 15) is 13.2 Å².